The number of nitrogens with zero attached hydrogens (tertiary/aromatic N) is 3. The van der Waals surface area contributed by atoms with Crippen molar-refractivity contribution < 1.29 is 14.1 Å². The van der Waals surface area contributed by atoms with Crippen LogP contribution in [-0.4, -0.2) is 68.1 Å². The molecule has 1 atom stereocenters. The Morgan fingerprint density at radius 1 is 1.24 bits per heavy atom. The molecular formula is C23H24N6O3S. The number of H-pyrrole nitrogens is 2. The molecule has 2 aromatic heterocycles. The summed E-state index contributed by atoms with van der Waals surface area (Å²) in [6.45, 7) is 4.24. The third-order valence-electron chi connectivity index (χ3n) is 5.60. The van der Waals surface area contributed by atoms with Gasteiger partial charge >= 0.3 is 0 Å². The quantitative estimate of drug-likeness (QED) is 0.377. The fourth-order valence-electron chi connectivity index (χ4n) is 3.86. The van der Waals surface area contributed by atoms with Gasteiger partial charge in [0.1, 0.15) is 6.26 Å². The molecule has 0 saturated carbocycles. The Kier molecular flexibility index (Phi) is 6.14. The number of ether oxygens (including phenoxy) is 1. The zero-order valence-electron chi connectivity index (χ0n) is 18.1. The number of rotatable bonds is 6. The fraction of sp³-hybridized carbons (Fsp3) is 0.261. The van der Waals surface area contributed by atoms with Gasteiger partial charge in [-0.15, -0.1) is 0 Å². The number of aromatic amines is 2. The summed E-state index contributed by atoms with van der Waals surface area (Å²) in [6.07, 6.45) is 3.20. The van der Waals surface area contributed by atoms with Gasteiger partial charge in [0.15, 0.2) is 16.4 Å². The molecule has 0 radical (unpaired) electrons. The first-order valence-corrected chi connectivity index (χ1v) is 12.2. The zero-order chi connectivity index (χ0) is 22.8. The third-order valence-corrected chi connectivity index (χ3v) is 6.52. The number of imidazole rings is 1. The van der Waals surface area contributed by atoms with Crippen LogP contribution in [0.3, 0.4) is 0 Å². The van der Waals surface area contributed by atoms with Gasteiger partial charge in [0.25, 0.3) is 5.91 Å². The molecule has 1 aliphatic heterocycles. The second-order valence-electron chi connectivity index (χ2n) is 7.91. The third kappa shape index (κ3) is 4.79. The number of anilines is 1. The maximum Gasteiger partial charge on any atom is 0.255 e. The van der Waals surface area contributed by atoms with E-state index in [9.17, 15) is 9.35 Å². The molecule has 4 aromatic rings. The molecule has 170 valence electrons. The molecule has 0 spiro atoms. The highest BCUT2D eigenvalue weighted by Crippen LogP contribution is 2.26. The fourth-order valence-corrected chi connectivity index (χ4v) is 4.42. The molecule has 33 heavy (non-hydrogen) atoms. The minimum absolute atomic E-state index is 0.311. The van der Waals surface area contributed by atoms with Crippen molar-refractivity contribution in [1.82, 2.24) is 25.1 Å². The normalized spacial score (nSPS) is 15.6. The van der Waals surface area contributed by atoms with Crippen molar-refractivity contribution in [3.8, 4) is 11.5 Å². The van der Waals surface area contributed by atoms with Gasteiger partial charge < -0.3 is 19.6 Å². The maximum absolute atomic E-state index is 12.8. The van der Waals surface area contributed by atoms with E-state index in [1.54, 1.807) is 36.7 Å². The predicted octanol–water partition coefficient (Wildman–Crippen LogP) is 2.77. The molecule has 1 aliphatic rings. The second kappa shape index (κ2) is 9.36. The van der Waals surface area contributed by atoms with Crippen LogP contribution in [-0.2, 0) is 22.5 Å². The standard InChI is InChI=1S/C23H24N6O3S/c1-33(31)17-4-2-3-16(12-17)23(30)27-20-13-24-28-21(20)22-25-18-6-5-15(11-19(18)26-22)14-29-7-9-32-10-8-29/h2-6,11-13H,7-10,14H2,1H3,(H,24,28)(H,25,26)(H,27,30). The molecule has 3 N–H and O–H groups in total. The van der Waals surface area contributed by atoms with Gasteiger partial charge in [-0.05, 0) is 41.0 Å². The topological polar surface area (TPSA) is 122 Å². The van der Waals surface area contributed by atoms with E-state index >= 15 is 0 Å². The summed E-state index contributed by atoms with van der Waals surface area (Å²) in [5, 5.41) is 9.96. The van der Waals surface area contributed by atoms with E-state index in [1.807, 2.05) is 6.07 Å². The molecule has 2 aromatic carbocycles. The number of carbonyl (C=O) groups excluding carboxylic acids is 1. The van der Waals surface area contributed by atoms with E-state index in [2.05, 4.69) is 37.5 Å². The van der Waals surface area contributed by atoms with Crippen LogP contribution >= 0.6 is 0 Å². The van der Waals surface area contributed by atoms with E-state index in [4.69, 9.17) is 9.72 Å². The monoisotopic (exact) mass is 464 g/mol. The molecule has 1 amide bonds. The lowest BCUT2D eigenvalue weighted by molar-refractivity contribution is 0.0342. The Hall–Kier alpha value is -3.18. The number of benzene rings is 2. The Morgan fingerprint density at radius 3 is 2.91 bits per heavy atom. The lowest BCUT2D eigenvalue weighted by Gasteiger charge is -2.26. The van der Waals surface area contributed by atoms with Gasteiger partial charge in [0, 0.05) is 37.5 Å². The number of aromatic nitrogens is 4. The highest BCUT2D eigenvalue weighted by Gasteiger charge is 2.18. The van der Waals surface area contributed by atoms with E-state index in [-0.39, 0.29) is 5.91 Å². The summed E-state index contributed by atoms with van der Waals surface area (Å²) < 4.78 is 17.2. The largest absolute Gasteiger partial charge is 0.612 e. The predicted molar refractivity (Wildman–Crippen MR) is 126 cm³/mol. The Balaban J connectivity index is 1.36. The van der Waals surface area contributed by atoms with Crippen LogP contribution in [0.25, 0.3) is 22.6 Å². The molecular weight excluding hydrogens is 440 g/mol. The highest BCUT2D eigenvalue weighted by atomic mass is 32.2. The smallest absolute Gasteiger partial charge is 0.255 e. The minimum atomic E-state index is -1.17. The number of morpholine rings is 1. The van der Waals surface area contributed by atoms with Gasteiger partial charge in [-0.1, -0.05) is 12.1 Å². The molecule has 0 aliphatic carbocycles. The van der Waals surface area contributed by atoms with E-state index < -0.39 is 11.2 Å². The van der Waals surface area contributed by atoms with Gasteiger partial charge in [-0.3, -0.25) is 14.8 Å². The molecule has 9 nitrogen and oxygen atoms in total. The van der Waals surface area contributed by atoms with Crippen LogP contribution in [0.4, 0.5) is 5.69 Å². The lowest BCUT2D eigenvalue weighted by atomic mass is 10.2. The van der Waals surface area contributed by atoms with Crippen molar-refractivity contribution in [3.63, 3.8) is 0 Å². The Morgan fingerprint density at radius 2 is 2.09 bits per heavy atom. The number of hydrogen-bond donors (Lipinski definition) is 3. The summed E-state index contributed by atoms with van der Waals surface area (Å²) >= 11 is -1.17. The number of hydrogen-bond acceptors (Lipinski definition) is 6. The van der Waals surface area contributed by atoms with Crippen LogP contribution in [0, 0.1) is 0 Å². The van der Waals surface area contributed by atoms with Crippen LogP contribution in [0.15, 0.2) is 53.6 Å². The summed E-state index contributed by atoms with van der Waals surface area (Å²) in [6, 6.07) is 12.9. The van der Waals surface area contributed by atoms with E-state index in [0.717, 1.165) is 43.9 Å². The summed E-state index contributed by atoms with van der Waals surface area (Å²) in [5.74, 6) is 0.252. The van der Waals surface area contributed by atoms with E-state index in [0.29, 0.717) is 27.7 Å². The number of amides is 1. The van der Waals surface area contributed by atoms with Gasteiger partial charge in [0.2, 0.25) is 0 Å². The van der Waals surface area contributed by atoms with Gasteiger partial charge in [0.05, 0.1) is 29.9 Å². The molecule has 3 heterocycles. The van der Waals surface area contributed by atoms with Crippen LogP contribution in [0.5, 0.6) is 0 Å². The average molecular weight is 465 g/mol. The summed E-state index contributed by atoms with van der Waals surface area (Å²) in [7, 11) is 0. The van der Waals surface area contributed by atoms with Crippen molar-refractivity contribution in [2.45, 2.75) is 11.4 Å². The van der Waals surface area contributed by atoms with E-state index in [1.165, 1.54) is 5.56 Å². The second-order valence-corrected chi connectivity index (χ2v) is 9.29. The van der Waals surface area contributed by atoms with Crippen molar-refractivity contribution in [1.29, 1.82) is 0 Å². The average Bonchev–Trinajstić information content (AvgIpc) is 3.46. The molecule has 0 bridgehead atoms. The first-order valence-electron chi connectivity index (χ1n) is 10.6. The molecule has 1 fully saturated rings. The molecule has 5 rings (SSSR count). The number of fused-ring (bicyclic) bond motifs is 1. The maximum atomic E-state index is 12.8. The van der Waals surface area contributed by atoms with Gasteiger partial charge in [-0.25, -0.2) is 4.98 Å². The van der Waals surface area contributed by atoms with Crippen LogP contribution in [0.1, 0.15) is 15.9 Å². The van der Waals surface area contributed by atoms with Crippen molar-refractivity contribution in [2.75, 3.05) is 37.9 Å². The molecule has 10 heteroatoms. The summed E-state index contributed by atoms with van der Waals surface area (Å²) in [4.78, 5) is 23.7. The van der Waals surface area contributed by atoms with Gasteiger partial charge in [-0.2, -0.15) is 5.10 Å². The lowest BCUT2D eigenvalue weighted by Crippen LogP contribution is -2.35. The van der Waals surface area contributed by atoms with Crippen LogP contribution < -0.4 is 5.32 Å². The number of nitrogens with one attached hydrogen (secondary N) is 3. The van der Waals surface area contributed by atoms with Crippen LogP contribution in [0.2, 0.25) is 0 Å². The van der Waals surface area contributed by atoms with Crippen molar-refractivity contribution >= 4 is 33.8 Å². The highest BCUT2D eigenvalue weighted by molar-refractivity contribution is 7.90. The first-order chi connectivity index (χ1) is 16.1. The van der Waals surface area contributed by atoms with Crippen molar-refractivity contribution in [3.05, 3.63) is 59.8 Å². The molecule has 1 unspecified atom stereocenters. The SMILES string of the molecule is C[S+]([O-])c1cccc(C(=O)Nc2c[nH]nc2-c2nc3cc(CN4CCOCC4)ccc3[nH]2)c1. The first kappa shape index (κ1) is 21.7. The van der Waals surface area contributed by atoms with Crippen molar-refractivity contribution in [2.24, 2.45) is 0 Å². The minimum Gasteiger partial charge on any atom is -0.612 e. The Bertz CT molecular complexity index is 1280. The zero-order valence-corrected chi connectivity index (χ0v) is 18.9. The Labute approximate surface area is 193 Å². The summed E-state index contributed by atoms with van der Waals surface area (Å²) in [5.41, 5.74) is 4.38. The number of carbonyl (C=O) groups is 1. The molecule has 1 saturated heterocycles.